The molecule has 0 aromatic rings. The molecule has 0 aliphatic carbocycles. The van der Waals surface area contributed by atoms with E-state index in [1.807, 2.05) is 32.6 Å². The van der Waals surface area contributed by atoms with Crippen molar-refractivity contribution in [1.82, 2.24) is 4.90 Å². The minimum absolute atomic E-state index is 0.230. The van der Waals surface area contributed by atoms with E-state index >= 15 is 0 Å². The van der Waals surface area contributed by atoms with Crippen molar-refractivity contribution >= 4 is 5.97 Å². The van der Waals surface area contributed by atoms with Crippen molar-refractivity contribution in [3.8, 4) is 0 Å². The van der Waals surface area contributed by atoms with E-state index in [1.54, 1.807) is 0 Å². The van der Waals surface area contributed by atoms with Gasteiger partial charge in [-0.2, -0.15) is 0 Å². The number of carboxylic acids is 1. The van der Waals surface area contributed by atoms with Gasteiger partial charge in [0.15, 0.2) is 0 Å². The van der Waals surface area contributed by atoms with Gasteiger partial charge in [0.1, 0.15) is 6.04 Å². The van der Waals surface area contributed by atoms with Crippen LogP contribution in [0.25, 0.3) is 0 Å². The van der Waals surface area contributed by atoms with Gasteiger partial charge in [0.2, 0.25) is 0 Å². The minimum Gasteiger partial charge on any atom is -0.480 e. The van der Waals surface area contributed by atoms with E-state index in [9.17, 15) is 15.0 Å². The lowest BCUT2D eigenvalue weighted by molar-refractivity contribution is -0.153. The molecule has 1 fully saturated rings. The van der Waals surface area contributed by atoms with E-state index in [-0.39, 0.29) is 5.41 Å². The summed E-state index contributed by atoms with van der Waals surface area (Å²) < 4.78 is 0. The van der Waals surface area contributed by atoms with Crippen molar-refractivity contribution in [2.75, 3.05) is 13.1 Å². The second kappa shape index (κ2) is 5.57. The van der Waals surface area contributed by atoms with Crippen molar-refractivity contribution in [2.24, 2.45) is 5.41 Å². The fraction of sp³-hybridized carbons (Fsp3) is 0.929. The van der Waals surface area contributed by atoms with Gasteiger partial charge in [0.05, 0.1) is 5.60 Å². The number of aliphatic hydroxyl groups is 1. The largest absolute Gasteiger partial charge is 0.480 e. The zero-order chi connectivity index (χ0) is 14.0. The van der Waals surface area contributed by atoms with Crippen LogP contribution in [0, 0.1) is 5.41 Å². The molecule has 106 valence electrons. The predicted octanol–water partition coefficient (Wildman–Crippen LogP) is 2.11. The normalized spacial score (nSPS) is 25.1. The van der Waals surface area contributed by atoms with Gasteiger partial charge in [0, 0.05) is 6.54 Å². The Morgan fingerprint density at radius 2 is 1.94 bits per heavy atom. The third kappa shape index (κ3) is 3.23. The fourth-order valence-corrected chi connectivity index (χ4v) is 3.01. The van der Waals surface area contributed by atoms with Crippen molar-refractivity contribution in [3.63, 3.8) is 0 Å². The summed E-state index contributed by atoms with van der Waals surface area (Å²) in [6.45, 7) is 9.15. The van der Waals surface area contributed by atoms with Crippen LogP contribution in [-0.4, -0.2) is 45.8 Å². The van der Waals surface area contributed by atoms with Gasteiger partial charge in [-0.1, -0.05) is 27.7 Å². The Morgan fingerprint density at radius 3 is 2.39 bits per heavy atom. The summed E-state index contributed by atoms with van der Waals surface area (Å²) in [5.74, 6) is -0.769. The Morgan fingerprint density at radius 1 is 1.39 bits per heavy atom. The number of likely N-dealkylation sites (tertiary alicyclic amines) is 1. The summed E-state index contributed by atoms with van der Waals surface area (Å²) >= 11 is 0. The molecule has 18 heavy (non-hydrogen) atoms. The molecule has 1 heterocycles. The Bertz CT molecular complexity index is 297. The van der Waals surface area contributed by atoms with Gasteiger partial charge in [-0.3, -0.25) is 9.69 Å². The number of hydrogen-bond acceptors (Lipinski definition) is 3. The quantitative estimate of drug-likeness (QED) is 0.792. The lowest BCUT2D eigenvalue weighted by atomic mass is 9.75. The van der Waals surface area contributed by atoms with Crippen LogP contribution in [0.3, 0.4) is 0 Å². The molecular formula is C14H27NO3. The Labute approximate surface area is 110 Å². The zero-order valence-electron chi connectivity index (χ0n) is 12.1. The first kappa shape index (κ1) is 15.4. The number of β-amino-alcohol motifs (C(OH)–C–C–N with tert-alkyl or cyclic N) is 1. The topological polar surface area (TPSA) is 60.8 Å². The van der Waals surface area contributed by atoms with Gasteiger partial charge < -0.3 is 10.2 Å². The average molecular weight is 257 g/mol. The fourth-order valence-electron chi connectivity index (χ4n) is 3.01. The number of carboxylic acid groups (broad SMARTS) is 1. The molecule has 1 atom stereocenters. The molecule has 1 saturated heterocycles. The molecule has 4 heteroatoms. The lowest BCUT2D eigenvalue weighted by Gasteiger charge is -2.46. The minimum atomic E-state index is -0.769. The highest BCUT2D eigenvalue weighted by molar-refractivity contribution is 5.74. The van der Waals surface area contributed by atoms with Crippen molar-refractivity contribution < 1.29 is 15.0 Å². The van der Waals surface area contributed by atoms with Gasteiger partial charge in [0.25, 0.3) is 0 Å². The molecule has 0 amide bonds. The SMILES string of the molecule is CCC(O)(CC)CN1CCCC(C)(C)C1C(=O)O. The first-order valence-electron chi connectivity index (χ1n) is 6.95. The van der Waals surface area contributed by atoms with Gasteiger partial charge in [-0.05, 0) is 37.6 Å². The second-order valence-corrected chi connectivity index (χ2v) is 6.23. The van der Waals surface area contributed by atoms with Crippen molar-refractivity contribution in [2.45, 2.75) is 65.0 Å². The molecular weight excluding hydrogens is 230 g/mol. The number of piperidine rings is 1. The molecule has 0 aromatic heterocycles. The number of aliphatic carboxylic acids is 1. The maximum atomic E-state index is 11.5. The van der Waals surface area contributed by atoms with Gasteiger partial charge >= 0.3 is 5.97 Å². The highest BCUT2D eigenvalue weighted by Crippen LogP contribution is 2.36. The summed E-state index contributed by atoms with van der Waals surface area (Å²) in [7, 11) is 0. The Hall–Kier alpha value is -0.610. The third-order valence-electron chi connectivity index (χ3n) is 4.42. The van der Waals surface area contributed by atoms with Gasteiger partial charge in [-0.25, -0.2) is 0 Å². The summed E-state index contributed by atoms with van der Waals surface area (Å²) in [6.07, 6.45) is 3.25. The van der Waals surface area contributed by atoms with Crippen LogP contribution in [-0.2, 0) is 4.79 Å². The first-order valence-corrected chi connectivity index (χ1v) is 6.95. The van der Waals surface area contributed by atoms with Crippen LogP contribution in [0.15, 0.2) is 0 Å². The molecule has 0 radical (unpaired) electrons. The molecule has 1 aliphatic rings. The molecule has 0 bridgehead atoms. The molecule has 2 N–H and O–H groups in total. The standard InChI is InChI=1S/C14H27NO3/c1-5-14(18,6-2)10-15-9-7-8-13(3,4)11(15)12(16)17/h11,18H,5-10H2,1-4H3,(H,16,17). The van der Waals surface area contributed by atoms with E-state index < -0.39 is 17.6 Å². The molecule has 1 unspecified atom stereocenters. The predicted molar refractivity (Wildman–Crippen MR) is 71.5 cm³/mol. The van der Waals surface area contributed by atoms with Crippen LogP contribution in [0.4, 0.5) is 0 Å². The van der Waals surface area contributed by atoms with Gasteiger partial charge in [-0.15, -0.1) is 0 Å². The number of rotatable bonds is 5. The first-order chi connectivity index (χ1) is 8.25. The number of nitrogens with zero attached hydrogens (tertiary/aromatic N) is 1. The maximum absolute atomic E-state index is 11.5. The summed E-state index contributed by atoms with van der Waals surface area (Å²) in [6, 6.07) is -0.490. The average Bonchev–Trinajstić information content (AvgIpc) is 2.27. The second-order valence-electron chi connectivity index (χ2n) is 6.23. The Balaban J connectivity index is 2.88. The van der Waals surface area contributed by atoms with E-state index in [2.05, 4.69) is 0 Å². The van der Waals surface area contributed by atoms with Crippen LogP contribution in [0.2, 0.25) is 0 Å². The highest BCUT2D eigenvalue weighted by atomic mass is 16.4. The third-order valence-corrected chi connectivity index (χ3v) is 4.42. The van der Waals surface area contributed by atoms with E-state index in [4.69, 9.17) is 0 Å². The Kier molecular flexibility index (Phi) is 4.78. The van der Waals surface area contributed by atoms with E-state index in [0.717, 1.165) is 19.4 Å². The number of hydrogen-bond donors (Lipinski definition) is 2. The summed E-state index contributed by atoms with van der Waals surface area (Å²) in [5.41, 5.74) is -0.992. The smallest absolute Gasteiger partial charge is 0.321 e. The molecule has 0 spiro atoms. The van der Waals surface area contributed by atoms with Crippen LogP contribution in [0.1, 0.15) is 53.4 Å². The molecule has 0 aromatic carbocycles. The molecule has 4 nitrogen and oxygen atoms in total. The number of carbonyl (C=O) groups is 1. The molecule has 1 rings (SSSR count). The van der Waals surface area contributed by atoms with E-state index in [0.29, 0.717) is 19.4 Å². The van der Waals surface area contributed by atoms with Crippen LogP contribution in [0.5, 0.6) is 0 Å². The lowest BCUT2D eigenvalue weighted by Crippen LogP contribution is -2.58. The summed E-state index contributed by atoms with van der Waals surface area (Å²) in [4.78, 5) is 13.5. The van der Waals surface area contributed by atoms with Crippen LogP contribution >= 0.6 is 0 Å². The van der Waals surface area contributed by atoms with E-state index in [1.165, 1.54) is 0 Å². The van der Waals surface area contributed by atoms with Crippen molar-refractivity contribution in [3.05, 3.63) is 0 Å². The summed E-state index contributed by atoms with van der Waals surface area (Å²) in [5, 5.41) is 19.9. The van der Waals surface area contributed by atoms with Crippen LogP contribution < -0.4 is 0 Å². The highest BCUT2D eigenvalue weighted by Gasteiger charge is 2.44. The maximum Gasteiger partial charge on any atom is 0.321 e. The zero-order valence-corrected chi connectivity index (χ0v) is 12.1. The van der Waals surface area contributed by atoms with Crippen molar-refractivity contribution in [1.29, 1.82) is 0 Å². The monoisotopic (exact) mass is 257 g/mol. The molecule has 0 saturated carbocycles. The molecule has 1 aliphatic heterocycles.